The van der Waals surface area contributed by atoms with E-state index in [1.807, 2.05) is 30.3 Å². The molecule has 27 heavy (non-hydrogen) atoms. The molecular formula is C21H21ClN2O3. The van der Waals surface area contributed by atoms with Crippen LogP contribution in [-0.2, 0) is 4.79 Å². The van der Waals surface area contributed by atoms with Crippen LogP contribution in [0.25, 0.3) is 0 Å². The fourth-order valence-electron chi connectivity index (χ4n) is 3.23. The molecule has 1 fully saturated rings. The fourth-order valence-corrected chi connectivity index (χ4v) is 3.42. The number of amides is 2. The van der Waals surface area contributed by atoms with Crippen molar-refractivity contribution in [1.82, 2.24) is 10.2 Å². The Labute approximate surface area is 163 Å². The Morgan fingerprint density at radius 1 is 0.963 bits per heavy atom. The number of Topliss-reactive ketones (excluding diaryl/α,β-unsaturated/α-hetero) is 1. The van der Waals surface area contributed by atoms with Crippen molar-refractivity contribution >= 4 is 29.2 Å². The van der Waals surface area contributed by atoms with Gasteiger partial charge < -0.3 is 10.2 Å². The summed E-state index contributed by atoms with van der Waals surface area (Å²) < 4.78 is 0. The first-order valence-electron chi connectivity index (χ1n) is 8.95. The highest BCUT2D eigenvalue weighted by molar-refractivity contribution is 6.31. The molecule has 0 radical (unpaired) electrons. The van der Waals surface area contributed by atoms with Crippen molar-refractivity contribution in [3.8, 4) is 0 Å². The SMILES string of the molecule is O=C(NCC(=O)N1CCC(C(=O)c2ccccc2)CC1)c1cccc(Cl)c1. The van der Waals surface area contributed by atoms with Gasteiger partial charge in [-0.05, 0) is 31.0 Å². The normalized spacial score (nSPS) is 14.6. The van der Waals surface area contributed by atoms with Gasteiger partial charge >= 0.3 is 0 Å². The van der Waals surface area contributed by atoms with Gasteiger partial charge in [-0.2, -0.15) is 0 Å². The zero-order valence-corrected chi connectivity index (χ0v) is 15.6. The molecule has 5 nitrogen and oxygen atoms in total. The number of nitrogens with one attached hydrogen (secondary N) is 1. The molecule has 3 rings (SSSR count). The maximum atomic E-state index is 12.5. The Kier molecular flexibility index (Phi) is 6.24. The Balaban J connectivity index is 1.47. The summed E-state index contributed by atoms with van der Waals surface area (Å²) in [7, 11) is 0. The summed E-state index contributed by atoms with van der Waals surface area (Å²) in [6, 6.07) is 15.8. The maximum absolute atomic E-state index is 12.5. The number of carbonyl (C=O) groups excluding carboxylic acids is 3. The second-order valence-corrected chi connectivity index (χ2v) is 7.01. The maximum Gasteiger partial charge on any atom is 0.251 e. The first-order valence-corrected chi connectivity index (χ1v) is 9.33. The fraction of sp³-hybridized carbons (Fsp3) is 0.286. The first-order chi connectivity index (χ1) is 13.0. The van der Waals surface area contributed by atoms with Crippen LogP contribution in [0.1, 0.15) is 33.6 Å². The molecule has 2 aromatic rings. The highest BCUT2D eigenvalue weighted by Gasteiger charge is 2.27. The van der Waals surface area contributed by atoms with E-state index in [9.17, 15) is 14.4 Å². The van der Waals surface area contributed by atoms with Crippen LogP contribution in [0.5, 0.6) is 0 Å². The van der Waals surface area contributed by atoms with Gasteiger partial charge in [0.2, 0.25) is 5.91 Å². The minimum absolute atomic E-state index is 0.0579. The van der Waals surface area contributed by atoms with Gasteiger partial charge in [0, 0.05) is 35.2 Å². The average molecular weight is 385 g/mol. The van der Waals surface area contributed by atoms with E-state index in [1.54, 1.807) is 29.2 Å². The molecule has 1 N–H and O–H groups in total. The molecule has 6 heteroatoms. The number of piperidine rings is 1. The molecule has 0 bridgehead atoms. The van der Waals surface area contributed by atoms with Crippen molar-refractivity contribution < 1.29 is 14.4 Å². The lowest BCUT2D eigenvalue weighted by molar-refractivity contribution is -0.131. The van der Waals surface area contributed by atoms with Crippen LogP contribution in [0.4, 0.5) is 0 Å². The Hall–Kier alpha value is -2.66. The first kappa shape index (κ1) is 19.1. The second kappa shape index (κ2) is 8.82. The molecule has 2 amide bonds. The number of hydrogen-bond acceptors (Lipinski definition) is 3. The van der Waals surface area contributed by atoms with Crippen LogP contribution in [0.15, 0.2) is 54.6 Å². The van der Waals surface area contributed by atoms with Crippen molar-refractivity contribution in [2.24, 2.45) is 5.92 Å². The van der Waals surface area contributed by atoms with Gasteiger partial charge in [0.25, 0.3) is 5.91 Å². The van der Waals surface area contributed by atoms with Gasteiger partial charge in [-0.15, -0.1) is 0 Å². The van der Waals surface area contributed by atoms with Crippen molar-refractivity contribution in [3.63, 3.8) is 0 Å². The molecule has 2 aromatic carbocycles. The van der Waals surface area contributed by atoms with Gasteiger partial charge in [-0.25, -0.2) is 0 Å². The summed E-state index contributed by atoms with van der Waals surface area (Å²) in [5, 5.41) is 3.10. The van der Waals surface area contributed by atoms with Crippen molar-refractivity contribution in [1.29, 1.82) is 0 Å². The third-order valence-electron chi connectivity index (χ3n) is 4.76. The highest BCUT2D eigenvalue weighted by Crippen LogP contribution is 2.21. The summed E-state index contributed by atoms with van der Waals surface area (Å²) in [5.74, 6) is -0.398. The van der Waals surface area contributed by atoms with Crippen LogP contribution >= 0.6 is 11.6 Å². The Bertz CT molecular complexity index is 830. The molecule has 0 unspecified atom stereocenters. The van der Waals surface area contributed by atoms with Crippen molar-refractivity contribution in [3.05, 3.63) is 70.7 Å². The van der Waals surface area contributed by atoms with E-state index >= 15 is 0 Å². The Morgan fingerprint density at radius 2 is 1.63 bits per heavy atom. The zero-order valence-electron chi connectivity index (χ0n) is 14.9. The third kappa shape index (κ3) is 4.95. The number of carbonyl (C=O) groups is 3. The van der Waals surface area contributed by atoms with Crippen LogP contribution in [0.2, 0.25) is 5.02 Å². The lowest BCUT2D eigenvalue weighted by Crippen LogP contribution is -2.45. The number of halogens is 1. The third-order valence-corrected chi connectivity index (χ3v) is 5.00. The van der Waals surface area contributed by atoms with Crippen molar-refractivity contribution in [2.45, 2.75) is 12.8 Å². The van der Waals surface area contributed by atoms with Gasteiger partial charge in [0.1, 0.15) is 0 Å². The van der Waals surface area contributed by atoms with Crippen LogP contribution in [0.3, 0.4) is 0 Å². The summed E-state index contributed by atoms with van der Waals surface area (Å²) >= 11 is 5.87. The lowest BCUT2D eigenvalue weighted by Gasteiger charge is -2.31. The number of rotatable bonds is 5. The van der Waals surface area contributed by atoms with Gasteiger partial charge in [0.15, 0.2) is 5.78 Å². The predicted octanol–water partition coefficient (Wildman–Crippen LogP) is 3.19. The topological polar surface area (TPSA) is 66.5 Å². The standard InChI is InChI=1S/C21H21ClN2O3/c22-18-8-4-7-17(13-18)21(27)23-14-19(25)24-11-9-16(10-12-24)20(26)15-5-2-1-3-6-15/h1-8,13,16H,9-12,14H2,(H,23,27). The van der Waals surface area contributed by atoms with E-state index in [1.165, 1.54) is 0 Å². The quantitative estimate of drug-likeness (QED) is 0.805. The minimum atomic E-state index is -0.333. The second-order valence-electron chi connectivity index (χ2n) is 6.58. The summed E-state index contributed by atoms with van der Waals surface area (Å²) in [4.78, 5) is 38.7. The van der Waals surface area contributed by atoms with Crippen LogP contribution in [0, 0.1) is 5.92 Å². The largest absolute Gasteiger partial charge is 0.343 e. The number of hydrogen-bond donors (Lipinski definition) is 1. The smallest absolute Gasteiger partial charge is 0.251 e. The lowest BCUT2D eigenvalue weighted by atomic mass is 9.89. The molecular weight excluding hydrogens is 364 g/mol. The molecule has 0 aliphatic carbocycles. The molecule has 0 spiro atoms. The zero-order chi connectivity index (χ0) is 19.2. The minimum Gasteiger partial charge on any atom is -0.343 e. The summed E-state index contributed by atoms with van der Waals surface area (Å²) in [5.41, 5.74) is 1.14. The molecule has 0 aromatic heterocycles. The predicted molar refractivity (Wildman–Crippen MR) is 104 cm³/mol. The summed E-state index contributed by atoms with van der Waals surface area (Å²) in [6.45, 7) is 0.979. The van der Waals surface area contributed by atoms with E-state index in [0.717, 1.165) is 5.56 Å². The average Bonchev–Trinajstić information content (AvgIpc) is 2.72. The van der Waals surface area contributed by atoms with Crippen LogP contribution < -0.4 is 5.32 Å². The number of nitrogens with zero attached hydrogens (tertiary/aromatic N) is 1. The monoisotopic (exact) mass is 384 g/mol. The van der Waals surface area contributed by atoms with E-state index in [0.29, 0.717) is 36.5 Å². The number of ketones is 1. The van der Waals surface area contributed by atoms with E-state index in [4.69, 9.17) is 11.6 Å². The Morgan fingerprint density at radius 3 is 2.30 bits per heavy atom. The molecule has 1 aliphatic heterocycles. The molecule has 0 saturated carbocycles. The van der Waals surface area contributed by atoms with Gasteiger partial charge in [-0.1, -0.05) is 48.0 Å². The van der Waals surface area contributed by atoms with E-state index in [2.05, 4.69) is 5.32 Å². The van der Waals surface area contributed by atoms with Gasteiger partial charge in [-0.3, -0.25) is 14.4 Å². The summed E-state index contributed by atoms with van der Waals surface area (Å²) in [6.07, 6.45) is 1.28. The molecule has 0 atom stereocenters. The highest BCUT2D eigenvalue weighted by atomic mass is 35.5. The molecule has 1 heterocycles. The van der Waals surface area contributed by atoms with Crippen LogP contribution in [-0.4, -0.2) is 42.1 Å². The molecule has 140 valence electrons. The number of benzene rings is 2. The van der Waals surface area contributed by atoms with E-state index in [-0.39, 0.29) is 30.1 Å². The van der Waals surface area contributed by atoms with Gasteiger partial charge in [0.05, 0.1) is 6.54 Å². The van der Waals surface area contributed by atoms with E-state index < -0.39 is 0 Å². The molecule has 1 saturated heterocycles. The van der Waals surface area contributed by atoms with Crippen molar-refractivity contribution in [2.75, 3.05) is 19.6 Å². The number of likely N-dealkylation sites (tertiary alicyclic amines) is 1. The molecule has 1 aliphatic rings.